The van der Waals surface area contributed by atoms with Gasteiger partial charge in [0.25, 0.3) is 5.91 Å². The standard InChI is InChI=1S/C26H32FN5O/c1-6-19(11-28)9-22(17(2)3)30-24(33)21-12-29-32-8-7-20(10-23(21)32)31-15-26(16-31)13-25(5,14-26)18(4)27/h6,9-10,12,18H,1,7-8,13-16H2,2-5H3,(H,30,33)/b19-9+. The minimum atomic E-state index is -0.766. The summed E-state index contributed by atoms with van der Waals surface area (Å²) in [5, 5.41) is 16.5. The van der Waals surface area contributed by atoms with E-state index in [1.54, 1.807) is 19.2 Å². The average Bonchev–Trinajstić information content (AvgIpc) is 3.15. The first-order valence-electron chi connectivity index (χ1n) is 11.5. The van der Waals surface area contributed by atoms with E-state index in [0.717, 1.165) is 50.2 Å². The van der Waals surface area contributed by atoms with Crippen LogP contribution >= 0.6 is 0 Å². The Balaban J connectivity index is 1.48. The molecule has 1 aliphatic carbocycles. The molecule has 174 valence electrons. The summed E-state index contributed by atoms with van der Waals surface area (Å²) in [5.74, 6) is -0.255. The van der Waals surface area contributed by atoms with Crippen molar-refractivity contribution in [2.45, 2.75) is 59.7 Å². The van der Waals surface area contributed by atoms with Crippen LogP contribution in [0.1, 0.15) is 63.0 Å². The minimum Gasteiger partial charge on any atom is -0.373 e. The Labute approximate surface area is 195 Å². The highest BCUT2D eigenvalue weighted by Crippen LogP contribution is 2.61. The minimum absolute atomic E-state index is 0.176. The van der Waals surface area contributed by atoms with Crippen LogP contribution in [0.3, 0.4) is 0 Å². The summed E-state index contributed by atoms with van der Waals surface area (Å²) < 4.78 is 15.7. The van der Waals surface area contributed by atoms with Crippen molar-refractivity contribution in [1.82, 2.24) is 20.0 Å². The zero-order valence-electron chi connectivity index (χ0n) is 19.9. The van der Waals surface area contributed by atoms with E-state index < -0.39 is 6.17 Å². The van der Waals surface area contributed by atoms with Crippen LogP contribution in [-0.2, 0) is 6.54 Å². The zero-order chi connectivity index (χ0) is 24.0. The Kier molecular flexibility index (Phi) is 5.81. The summed E-state index contributed by atoms with van der Waals surface area (Å²) in [4.78, 5) is 15.5. The van der Waals surface area contributed by atoms with Crippen molar-refractivity contribution in [1.29, 1.82) is 5.26 Å². The fourth-order valence-electron chi connectivity index (χ4n) is 5.52. The largest absolute Gasteiger partial charge is 0.373 e. The van der Waals surface area contributed by atoms with Gasteiger partial charge < -0.3 is 10.2 Å². The Morgan fingerprint density at radius 1 is 1.39 bits per heavy atom. The van der Waals surface area contributed by atoms with Gasteiger partial charge in [0, 0.05) is 42.9 Å². The molecular formula is C26H32FN5O. The SMILES string of the molecule is C=C/C(C#N)=C\C(NC(=O)c1cnn2c1C=C(N1CC3(C1)CC(C)(C(C)F)C3)CC2)=C(C)C. The van der Waals surface area contributed by atoms with Gasteiger partial charge in [-0.05, 0) is 51.2 Å². The highest BCUT2D eigenvalue weighted by Gasteiger charge is 2.60. The molecule has 1 atom stereocenters. The number of fused-ring (bicyclic) bond motifs is 1. The number of nitrogens with zero attached hydrogens (tertiary/aromatic N) is 4. The maximum absolute atomic E-state index is 13.9. The van der Waals surface area contributed by atoms with Crippen LogP contribution in [0.25, 0.3) is 6.08 Å². The number of carbonyl (C=O) groups excluding carboxylic acids is 1. The van der Waals surface area contributed by atoms with Crippen molar-refractivity contribution < 1.29 is 9.18 Å². The third-order valence-electron chi connectivity index (χ3n) is 7.42. The molecule has 7 heteroatoms. The topological polar surface area (TPSA) is 74.0 Å². The molecule has 0 radical (unpaired) electrons. The molecule has 6 nitrogen and oxygen atoms in total. The lowest BCUT2D eigenvalue weighted by Gasteiger charge is -2.65. The first-order chi connectivity index (χ1) is 15.6. The number of hydrogen-bond acceptors (Lipinski definition) is 4. The summed E-state index contributed by atoms with van der Waals surface area (Å²) in [7, 11) is 0. The smallest absolute Gasteiger partial charge is 0.259 e. The van der Waals surface area contributed by atoms with Gasteiger partial charge in [-0.3, -0.25) is 9.48 Å². The lowest BCUT2D eigenvalue weighted by molar-refractivity contribution is -0.149. The van der Waals surface area contributed by atoms with Crippen molar-refractivity contribution in [2.75, 3.05) is 13.1 Å². The summed E-state index contributed by atoms with van der Waals surface area (Å²) >= 11 is 0. The van der Waals surface area contributed by atoms with Gasteiger partial charge in [0.05, 0.1) is 29.1 Å². The Morgan fingerprint density at radius 3 is 2.67 bits per heavy atom. The Hall–Kier alpha value is -3.14. The molecule has 1 spiro atoms. The van der Waals surface area contributed by atoms with Crippen LogP contribution in [0.2, 0.25) is 0 Å². The van der Waals surface area contributed by atoms with Gasteiger partial charge in [0.1, 0.15) is 6.17 Å². The molecule has 1 unspecified atom stereocenters. The van der Waals surface area contributed by atoms with Gasteiger partial charge in [-0.2, -0.15) is 10.4 Å². The molecule has 1 N–H and O–H groups in total. The molecule has 1 amide bonds. The highest BCUT2D eigenvalue weighted by atomic mass is 19.1. The molecule has 3 aliphatic rings. The van der Waals surface area contributed by atoms with E-state index in [2.05, 4.69) is 41.0 Å². The second-order valence-electron chi connectivity index (χ2n) is 10.3. The number of hydrogen-bond donors (Lipinski definition) is 1. The van der Waals surface area contributed by atoms with Gasteiger partial charge in [0.15, 0.2) is 0 Å². The van der Waals surface area contributed by atoms with Crippen LogP contribution < -0.4 is 5.32 Å². The van der Waals surface area contributed by atoms with Crippen molar-refractivity contribution in [3.63, 3.8) is 0 Å². The molecule has 0 aromatic carbocycles. The van der Waals surface area contributed by atoms with Crippen LogP contribution in [0.4, 0.5) is 4.39 Å². The van der Waals surface area contributed by atoms with E-state index >= 15 is 0 Å². The fourth-order valence-corrected chi connectivity index (χ4v) is 5.52. The summed E-state index contributed by atoms with van der Waals surface area (Å²) in [6.07, 6.45) is 8.76. The Morgan fingerprint density at radius 2 is 2.09 bits per heavy atom. The van der Waals surface area contributed by atoms with Crippen molar-refractivity contribution in [2.24, 2.45) is 10.8 Å². The van der Waals surface area contributed by atoms with Crippen molar-refractivity contribution in [3.05, 3.63) is 58.7 Å². The number of halogens is 1. The monoisotopic (exact) mass is 449 g/mol. The summed E-state index contributed by atoms with van der Waals surface area (Å²) in [6.45, 7) is 13.8. The second kappa shape index (κ2) is 8.33. The number of allylic oxidation sites excluding steroid dienone is 5. The lowest BCUT2D eigenvalue weighted by atomic mass is 9.49. The van der Waals surface area contributed by atoms with E-state index in [4.69, 9.17) is 0 Å². The predicted octanol–water partition coefficient (Wildman–Crippen LogP) is 4.75. The van der Waals surface area contributed by atoms with Crippen LogP contribution in [-0.4, -0.2) is 39.8 Å². The zero-order valence-corrected chi connectivity index (χ0v) is 19.9. The molecule has 1 saturated heterocycles. The third kappa shape index (κ3) is 4.15. The number of alkyl halides is 1. The summed E-state index contributed by atoms with van der Waals surface area (Å²) in [5.41, 5.74) is 4.44. The van der Waals surface area contributed by atoms with Gasteiger partial charge in [0.2, 0.25) is 0 Å². The van der Waals surface area contributed by atoms with Crippen molar-refractivity contribution >= 4 is 12.0 Å². The molecule has 33 heavy (non-hydrogen) atoms. The van der Waals surface area contributed by atoms with E-state index in [1.165, 1.54) is 11.8 Å². The Bertz CT molecular complexity index is 1110. The van der Waals surface area contributed by atoms with E-state index in [1.807, 2.05) is 18.5 Å². The number of carbonyl (C=O) groups is 1. The molecule has 1 saturated carbocycles. The number of amides is 1. The molecule has 1 aromatic rings. The molecule has 1 aromatic heterocycles. The maximum atomic E-state index is 13.9. The van der Waals surface area contributed by atoms with E-state index in [9.17, 15) is 14.4 Å². The first kappa shape index (κ1) is 23.0. The summed E-state index contributed by atoms with van der Waals surface area (Å²) in [6, 6.07) is 2.06. The lowest BCUT2D eigenvalue weighted by Crippen LogP contribution is -2.66. The molecule has 2 fully saturated rings. The fraction of sp³-hybridized carbons (Fsp3) is 0.500. The molecule has 0 bridgehead atoms. The number of likely N-dealkylation sites (tertiary alicyclic amines) is 1. The maximum Gasteiger partial charge on any atom is 0.259 e. The first-order valence-corrected chi connectivity index (χ1v) is 11.5. The quantitative estimate of drug-likeness (QED) is 0.503. The third-order valence-corrected chi connectivity index (χ3v) is 7.42. The van der Waals surface area contributed by atoms with Crippen LogP contribution in [0.5, 0.6) is 0 Å². The molecule has 4 rings (SSSR count). The highest BCUT2D eigenvalue weighted by molar-refractivity contribution is 5.98. The van der Waals surface area contributed by atoms with E-state index in [0.29, 0.717) is 16.8 Å². The predicted molar refractivity (Wildman–Crippen MR) is 126 cm³/mol. The average molecular weight is 450 g/mol. The van der Waals surface area contributed by atoms with Gasteiger partial charge in [-0.15, -0.1) is 0 Å². The molecular weight excluding hydrogens is 417 g/mol. The molecule has 3 heterocycles. The number of nitriles is 1. The number of aromatic nitrogens is 2. The molecule has 2 aliphatic heterocycles. The second-order valence-corrected chi connectivity index (χ2v) is 10.3. The van der Waals surface area contributed by atoms with Gasteiger partial charge in [-0.1, -0.05) is 25.2 Å². The van der Waals surface area contributed by atoms with E-state index in [-0.39, 0.29) is 16.7 Å². The number of nitrogens with one attached hydrogen (secondary N) is 1. The van der Waals surface area contributed by atoms with Crippen LogP contribution in [0.15, 0.2) is 47.5 Å². The normalized spacial score (nSPS) is 21.0. The number of rotatable bonds is 6. The van der Waals surface area contributed by atoms with Crippen molar-refractivity contribution in [3.8, 4) is 6.07 Å². The van der Waals surface area contributed by atoms with Gasteiger partial charge in [-0.25, -0.2) is 4.39 Å². The van der Waals surface area contributed by atoms with Gasteiger partial charge >= 0.3 is 0 Å². The number of aryl methyl sites for hydroxylation is 1. The van der Waals surface area contributed by atoms with Crippen LogP contribution in [0, 0.1) is 22.2 Å².